The van der Waals surface area contributed by atoms with E-state index in [9.17, 15) is 5.26 Å². The smallest absolute Gasteiger partial charge is 0.231 e. The summed E-state index contributed by atoms with van der Waals surface area (Å²) in [7, 11) is 0. The van der Waals surface area contributed by atoms with Gasteiger partial charge in [-0.2, -0.15) is 15.3 Å². The molecule has 1 saturated heterocycles. The van der Waals surface area contributed by atoms with Crippen LogP contribution in [0.25, 0.3) is 0 Å². The second-order valence-corrected chi connectivity index (χ2v) is 5.33. The lowest BCUT2D eigenvalue weighted by atomic mass is 10.1. The summed E-state index contributed by atoms with van der Waals surface area (Å²) in [6.07, 6.45) is 0.904. The standard InChI is InChI=1S/C14H16N6O/c1-8-9(2)17-18-13(12(8)6-15)20-5-4-11(7-20)14-16-10(3)19-21-14/h11H,4-5,7H2,1-3H3/t11-/m0/s1. The zero-order valence-electron chi connectivity index (χ0n) is 12.3. The van der Waals surface area contributed by atoms with Crippen LogP contribution in [-0.2, 0) is 0 Å². The van der Waals surface area contributed by atoms with Gasteiger partial charge in [-0.25, -0.2) is 0 Å². The van der Waals surface area contributed by atoms with Crippen LogP contribution < -0.4 is 4.90 Å². The molecule has 1 fully saturated rings. The lowest BCUT2D eigenvalue weighted by Crippen LogP contribution is -2.23. The minimum Gasteiger partial charge on any atom is -0.353 e. The van der Waals surface area contributed by atoms with Crippen LogP contribution >= 0.6 is 0 Å². The molecule has 2 aromatic heterocycles. The number of nitrogens with zero attached hydrogens (tertiary/aromatic N) is 6. The minimum atomic E-state index is 0.182. The third-order valence-corrected chi connectivity index (χ3v) is 3.93. The molecule has 0 saturated carbocycles. The summed E-state index contributed by atoms with van der Waals surface area (Å²) in [6, 6.07) is 2.24. The summed E-state index contributed by atoms with van der Waals surface area (Å²) in [5, 5.41) is 21.6. The molecule has 108 valence electrons. The Kier molecular flexibility index (Phi) is 3.29. The van der Waals surface area contributed by atoms with Crippen molar-refractivity contribution >= 4 is 5.82 Å². The first-order valence-electron chi connectivity index (χ1n) is 6.89. The molecule has 0 N–H and O–H groups in total. The molecule has 0 amide bonds. The number of aromatic nitrogens is 4. The quantitative estimate of drug-likeness (QED) is 0.827. The van der Waals surface area contributed by atoms with Crippen molar-refractivity contribution in [3.63, 3.8) is 0 Å². The molecule has 0 radical (unpaired) electrons. The molecule has 2 aromatic rings. The predicted molar refractivity (Wildman–Crippen MR) is 74.8 cm³/mol. The molecule has 1 aliphatic heterocycles. The van der Waals surface area contributed by atoms with Crippen LogP contribution in [0.5, 0.6) is 0 Å². The Hall–Kier alpha value is -2.49. The number of anilines is 1. The van der Waals surface area contributed by atoms with E-state index in [4.69, 9.17) is 4.52 Å². The Morgan fingerprint density at radius 2 is 2.10 bits per heavy atom. The number of aryl methyl sites for hydroxylation is 2. The summed E-state index contributed by atoms with van der Waals surface area (Å²) < 4.78 is 5.24. The highest BCUT2D eigenvalue weighted by molar-refractivity contribution is 5.58. The first-order chi connectivity index (χ1) is 10.1. The Morgan fingerprint density at radius 3 is 2.76 bits per heavy atom. The Labute approximate surface area is 122 Å². The molecule has 0 bridgehead atoms. The summed E-state index contributed by atoms with van der Waals surface area (Å²) in [4.78, 5) is 6.36. The van der Waals surface area contributed by atoms with Gasteiger partial charge in [0.1, 0.15) is 11.6 Å². The third-order valence-electron chi connectivity index (χ3n) is 3.93. The van der Waals surface area contributed by atoms with Gasteiger partial charge >= 0.3 is 0 Å². The van der Waals surface area contributed by atoms with Crippen molar-refractivity contribution in [3.8, 4) is 6.07 Å². The van der Waals surface area contributed by atoms with Crippen LogP contribution in [-0.4, -0.2) is 33.4 Å². The molecule has 0 unspecified atom stereocenters. The molecule has 0 spiro atoms. The van der Waals surface area contributed by atoms with E-state index in [0.29, 0.717) is 29.6 Å². The van der Waals surface area contributed by atoms with Crippen molar-refractivity contribution in [1.29, 1.82) is 5.26 Å². The van der Waals surface area contributed by atoms with E-state index >= 15 is 0 Å². The van der Waals surface area contributed by atoms with Crippen molar-refractivity contribution in [1.82, 2.24) is 20.3 Å². The van der Waals surface area contributed by atoms with Crippen molar-refractivity contribution < 1.29 is 4.52 Å². The lowest BCUT2D eigenvalue weighted by molar-refractivity contribution is 0.356. The second kappa shape index (κ2) is 5.13. The fourth-order valence-electron chi connectivity index (χ4n) is 2.58. The highest BCUT2D eigenvalue weighted by Crippen LogP contribution is 2.31. The molecule has 1 aliphatic rings. The lowest BCUT2D eigenvalue weighted by Gasteiger charge is -2.18. The van der Waals surface area contributed by atoms with E-state index in [-0.39, 0.29) is 5.92 Å². The minimum absolute atomic E-state index is 0.182. The normalized spacial score (nSPS) is 18.0. The monoisotopic (exact) mass is 284 g/mol. The maximum atomic E-state index is 9.39. The van der Waals surface area contributed by atoms with Crippen molar-refractivity contribution in [2.75, 3.05) is 18.0 Å². The number of hydrogen-bond acceptors (Lipinski definition) is 7. The topological polar surface area (TPSA) is 91.7 Å². The number of hydrogen-bond donors (Lipinski definition) is 0. The predicted octanol–water partition coefficient (Wildman–Crippen LogP) is 1.65. The van der Waals surface area contributed by atoms with Gasteiger partial charge in [0.25, 0.3) is 0 Å². The summed E-state index contributed by atoms with van der Waals surface area (Å²) in [6.45, 7) is 7.09. The van der Waals surface area contributed by atoms with E-state index in [1.807, 2.05) is 20.8 Å². The molecule has 0 aromatic carbocycles. The van der Waals surface area contributed by atoms with E-state index < -0.39 is 0 Å². The Balaban J connectivity index is 1.87. The maximum absolute atomic E-state index is 9.39. The van der Waals surface area contributed by atoms with E-state index in [0.717, 1.165) is 24.2 Å². The fourth-order valence-corrected chi connectivity index (χ4v) is 2.58. The zero-order valence-corrected chi connectivity index (χ0v) is 12.3. The largest absolute Gasteiger partial charge is 0.353 e. The van der Waals surface area contributed by atoms with Gasteiger partial charge in [-0.15, -0.1) is 5.10 Å². The number of rotatable bonds is 2. The van der Waals surface area contributed by atoms with Gasteiger partial charge in [-0.05, 0) is 32.8 Å². The zero-order chi connectivity index (χ0) is 15.0. The van der Waals surface area contributed by atoms with E-state index in [1.165, 1.54) is 0 Å². The molecule has 0 aliphatic carbocycles. The molecule has 3 rings (SSSR count). The second-order valence-electron chi connectivity index (χ2n) is 5.33. The van der Waals surface area contributed by atoms with Crippen molar-refractivity contribution in [3.05, 3.63) is 28.5 Å². The summed E-state index contributed by atoms with van der Waals surface area (Å²) >= 11 is 0. The first kappa shape index (κ1) is 13.5. The van der Waals surface area contributed by atoms with Crippen LogP contribution in [0, 0.1) is 32.1 Å². The van der Waals surface area contributed by atoms with Gasteiger partial charge < -0.3 is 9.42 Å². The molecular weight excluding hydrogens is 268 g/mol. The van der Waals surface area contributed by atoms with Crippen LogP contribution in [0.15, 0.2) is 4.52 Å². The molecule has 21 heavy (non-hydrogen) atoms. The van der Waals surface area contributed by atoms with Crippen LogP contribution in [0.3, 0.4) is 0 Å². The van der Waals surface area contributed by atoms with Gasteiger partial charge in [0.15, 0.2) is 11.6 Å². The van der Waals surface area contributed by atoms with Gasteiger partial charge in [-0.1, -0.05) is 5.16 Å². The highest BCUT2D eigenvalue weighted by Gasteiger charge is 2.30. The molecule has 7 heteroatoms. The SMILES string of the molecule is Cc1noc([C@H]2CCN(c3nnc(C)c(C)c3C#N)C2)n1. The van der Waals surface area contributed by atoms with Crippen molar-refractivity contribution in [2.45, 2.75) is 33.1 Å². The summed E-state index contributed by atoms with van der Waals surface area (Å²) in [5.41, 5.74) is 2.28. The van der Waals surface area contributed by atoms with Crippen LogP contribution in [0.1, 0.15) is 40.9 Å². The van der Waals surface area contributed by atoms with Gasteiger partial charge in [0.2, 0.25) is 5.89 Å². The molecule has 1 atom stereocenters. The molecular formula is C14H16N6O. The molecule has 7 nitrogen and oxygen atoms in total. The van der Waals surface area contributed by atoms with Crippen LogP contribution in [0.2, 0.25) is 0 Å². The van der Waals surface area contributed by atoms with E-state index in [2.05, 4.69) is 31.3 Å². The number of nitriles is 1. The third kappa shape index (κ3) is 2.33. The van der Waals surface area contributed by atoms with Gasteiger partial charge in [0.05, 0.1) is 11.6 Å². The van der Waals surface area contributed by atoms with Crippen molar-refractivity contribution in [2.24, 2.45) is 0 Å². The maximum Gasteiger partial charge on any atom is 0.231 e. The summed E-state index contributed by atoms with van der Waals surface area (Å²) in [5.74, 6) is 2.14. The average Bonchev–Trinajstić information content (AvgIpc) is 3.10. The Bertz CT molecular complexity index is 717. The van der Waals surface area contributed by atoms with Gasteiger partial charge in [0, 0.05) is 13.1 Å². The average molecular weight is 284 g/mol. The highest BCUT2D eigenvalue weighted by atomic mass is 16.5. The van der Waals surface area contributed by atoms with Crippen LogP contribution in [0.4, 0.5) is 5.82 Å². The fraction of sp³-hybridized carbons (Fsp3) is 0.500. The molecule has 3 heterocycles. The Morgan fingerprint density at radius 1 is 1.29 bits per heavy atom. The van der Waals surface area contributed by atoms with Gasteiger partial charge in [-0.3, -0.25) is 0 Å². The van der Waals surface area contributed by atoms with E-state index in [1.54, 1.807) is 0 Å². The first-order valence-corrected chi connectivity index (χ1v) is 6.89.